The van der Waals surface area contributed by atoms with Gasteiger partial charge in [-0.15, -0.1) is 0 Å². The fourth-order valence-electron chi connectivity index (χ4n) is 2.74. The summed E-state index contributed by atoms with van der Waals surface area (Å²) in [6.45, 7) is 1.95. The van der Waals surface area contributed by atoms with Crippen molar-refractivity contribution in [2.24, 2.45) is 0 Å². The van der Waals surface area contributed by atoms with Crippen molar-refractivity contribution >= 4 is 11.6 Å². The number of hydrogen-bond acceptors (Lipinski definition) is 4. The maximum absolute atomic E-state index is 13.1. The van der Waals surface area contributed by atoms with Crippen LogP contribution >= 0.6 is 0 Å². The molecule has 0 aliphatic heterocycles. The Hall–Kier alpha value is -3.35. The van der Waals surface area contributed by atoms with Crippen molar-refractivity contribution in [3.63, 3.8) is 0 Å². The average molecular weight is 369 g/mol. The van der Waals surface area contributed by atoms with Crippen LogP contribution in [0.5, 0.6) is 11.5 Å². The summed E-state index contributed by atoms with van der Waals surface area (Å²) in [6.07, 6.45) is 0.643. The van der Waals surface area contributed by atoms with E-state index in [0.29, 0.717) is 40.4 Å². The highest BCUT2D eigenvalue weighted by Crippen LogP contribution is 2.37. The number of benzene rings is 2. The summed E-state index contributed by atoms with van der Waals surface area (Å²) in [5.74, 6) is 0.479. The maximum Gasteiger partial charge on any atom is 0.255 e. The molecule has 7 heteroatoms. The normalized spacial score (nSPS) is 10.5. The molecule has 1 heterocycles. The van der Waals surface area contributed by atoms with Gasteiger partial charge in [-0.3, -0.25) is 9.89 Å². The van der Waals surface area contributed by atoms with E-state index >= 15 is 0 Å². The lowest BCUT2D eigenvalue weighted by Gasteiger charge is -2.12. The third-order valence-electron chi connectivity index (χ3n) is 4.20. The molecule has 0 radical (unpaired) electrons. The minimum Gasteiger partial charge on any atom is -0.497 e. The number of nitrogens with one attached hydrogen (secondary N) is 2. The molecule has 27 heavy (non-hydrogen) atoms. The largest absolute Gasteiger partial charge is 0.497 e. The van der Waals surface area contributed by atoms with Gasteiger partial charge in [-0.1, -0.05) is 6.92 Å². The molecule has 1 aromatic heterocycles. The van der Waals surface area contributed by atoms with Crippen LogP contribution in [0.3, 0.4) is 0 Å². The number of carbonyl (C=O) groups excluding carboxylic acids is 1. The van der Waals surface area contributed by atoms with Gasteiger partial charge in [-0.2, -0.15) is 5.10 Å². The molecule has 3 aromatic rings. The molecule has 2 aromatic carbocycles. The molecule has 2 N–H and O–H groups in total. The van der Waals surface area contributed by atoms with Crippen LogP contribution < -0.4 is 14.8 Å². The number of rotatable bonds is 6. The molecule has 0 fully saturated rings. The van der Waals surface area contributed by atoms with Crippen molar-refractivity contribution < 1.29 is 18.7 Å². The van der Waals surface area contributed by atoms with Gasteiger partial charge in [-0.25, -0.2) is 4.39 Å². The standard InChI is InChI=1S/C20H20FN3O3/c1-4-16-19(22-20(25)12-5-7-13(21)8-6-12)18(24-23-16)15-10-9-14(26-2)11-17(15)27-3/h5-11H,4H2,1-3H3,(H,22,25)(H,23,24). The predicted octanol–water partition coefficient (Wildman–Crippen LogP) is 4.05. The summed E-state index contributed by atoms with van der Waals surface area (Å²) in [6, 6.07) is 10.7. The highest BCUT2D eigenvalue weighted by Gasteiger charge is 2.20. The first-order chi connectivity index (χ1) is 13.1. The molecule has 0 saturated carbocycles. The first-order valence-corrected chi connectivity index (χ1v) is 8.44. The number of carbonyl (C=O) groups is 1. The topological polar surface area (TPSA) is 76.2 Å². The van der Waals surface area contributed by atoms with E-state index in [1.54, 1.807) is 26.4 Å². The van der Waals surface area contributed by atoms with Crippen molar-refractivity contribution in [3.8, 4) is 22.8 Å². The number of methoxy groups -OCH3 is 2. The Bertz CT molecular complexity index is 952. The second kappa shape index (κ2) is 7.90. The van der Waals surface area contributed by atoms with Gasteiger partial charge in [0.25, 0.3) is 5.91 Å². The number of anilines is 1. The lowest BCUT2D eigenvalue weighted by atomic mass is 10.1. The van der Waals surface area contributed by atoms with Crippen LogP contribution in [0.15, 0.2) is 42.5 Å². The van der Waals surface area contributed by atoms with Gasteiger partial charge in [0, 0.05) is 17.2 Å². The molecule has 1 amide bonds. The highest BCUT2D eigenvalue weighted by molar-refractivity contribution is 6.06. The molecule has 140 valence electrons. The molecule has 3 rings (SSSR count). The van der Waals surface area contributed by atoms with E-state index in [9.17, 15) is 9.18 Å². The van der Waals surface area contributed by atoms with Gasteiger partial charge in [0.05, 0.1) is 25.6 Å². The van der Waals surface area contributed by atoms with Gasteiger partial charge < -0.3 is 14.8 Å². The van der Waals surface area contributed by atoms with Gasteiger partial charge in [0.2, 0.25) is 0 Å². The van der Waals surface area contributed by atoms with Crippen molar-refractivity contribution in [2.45, 2.75) is 13.3 Å². The number of ether oxygens (including phenoxy) is 2. The average Bonchev–Trinajstić information content (AvgIpc) is 3.10. The zero-order chi connectivity index (χ0) is 19.4. The lowest BCUT2D eigenvalue weighted by Crippen LogP contribution is -2.13. The van der Waals surface area contributed by atoms with Crippen LogP contribution in [0.2, 0.25) is 0 Å². The van der Waals surface area contributed by atoms with E-state index in [-0.39, 0.29) is 5.91 Å². The number of aromatic nitrogens is 2. The molecule has 0 unspecified atom stereocenters. The molecular formula is C20H20FN3O3. The third kappa shape index (κ3) is 3.76. The molecule has 0 atom stereocenters. The Morgan fingerprint density at radius 3 is 2.52 bits per heavy atom. The number of aromatic amines is 1. The quantitative estimate of drug-likeness (QED) is 0.687. The maximum atomic E-state index is 13.1. The van der Waals surface area contributed by atoms with Crippen molar-refractivity contribution in [2.75, 3.05) is 19.5 Å². The minimum atomic E-state index is -0.396. The van der Waals surface area contributed by atoms with E-state index in [2.05, 4.69) is 15.5 Å². The predicted molar refractivity (Wildman–Crippen MR) is 101 cm³/mol. The number of halogens is 1. The third-order valence-corrected chi connectivity index (χ3v) is 4.20. The van der Waals surface area contributed by atoms with Gasteiger partial charge >= 0.3 is 0 Å². The Balaban J connectivity index is 2.00. The van der Waals surface area contributed by atoms with E-state index in [1.165, 1.54) is 24.3 Å². The lowest BCUT2D eigenvalue weighted by molar-refractivity contribution is 0.102. The van der Waals surface area contributed by atoms with Gasteiger partial charge in [0.1, 0.15) is 23.0 Å². The molecule has 0 aliphatic carbocycles. The van der Waals surface area contributed by atoms with Crippen LogP contribution in [0.25, 0.3) is 11.3 Å². The smallest absolute Gasteiger partial charge is 0.255 e. The Labute approximate surface area is 156 Å². The number of nitrogens with zero attached hydrogens (tertiary/aromatic N) is 1. The van der Waals surface area contributed by atoms with Crippen LogP contribution in [0, 0.1) is 5.82 Å². The van der Waals surface area contributed by atoms with E-state index in [1.807, 2.05) is 13.0 Å². The second-order valence-electron chi connectivity index (χ2n) is 5.81. The van der Waals surface area contributed by atoms with Crippen molar-refractivity contribution in [1.29, 1.82) is 0 Å². The first kappa shape index (κ1) is 18.4. The Kier molecular flexibility index (Phi) is 5.40. The fourth-order valence-corrected chi connectivity index (χ4v) is 2.74. The summed E-state index contributed by atoms with van der Waals surface area (Å²) in [5.41, 5.74) is 2.96. The van der Waals surface area contributed by atoms with Gasteiger partial charge in [-0.05, 0) is 42.8 Å². The number of aryl methyl sites for hydroxylation is 1. The summed E-state index contributed by atoms with van der Waals surface area (Å²) in [7, 11) is 3.13. The van der Waals surface area contributed by atoms with E-state index < -0.39 is 5.82 Å². The zero-order valence-corrected chi connectivity index (χ0v) is 15.3. The Morgan fingerprint density at radius 2 is 1.89 bits per heavy atom. The van der Waals surface area contributed by atoms with Crippen LogP contribution in [0.4, 0.5) is 10.1 Å². The zero-order valence-electron chi connectivity index (χ0n) is 15.3. The number of H-pyrrole nitrogens is 1. The van der Waals surface area contributed by atoms with E-state index in [0.717, 1.165) is 5.69 Å². The SMILES string of the molecule is CCc1[nH]nc(-c2ccc(OC)cc2OC)c1NC(=O)c1ccc(F)cc1. The van der Waals surface area contributed by atoms with Crippen molar-refractivity contribution in [3.05, 3.63) is 59.5 Å². The number of hydrogen-bond donors (Lipinski definition) is 2. The van der Waals surface area contributed by atoms with Crippen LogP contribution in [-0.4, -0.2) is 30.3 Å². The molecule has 0 aliphatic rings. The van der Waals surface area contributed by atoms with Crippen LogP contribution in [0.1, 0.15) is 23.0 Å². The number of amides is 1. The minimum absolute atomic E-state index is 0.347. The molecule has 6 nitrogen and oxygen atoms in total. The van der Waals surface area contributed by atoms with Gasteiger partial charge in [0.15, 0.2) is 0 Å². The van der Waals surface area contributed by atoms with Crippen LogP contribution in [-0.2, 0) is 6.42 Å². The monoisotopic (exact) mass is 369 g/mol. The molecule has 0 saturated heterocycles. The molecular weight excluding hydrogens is 349 g/mol. The fraction of sp³-hybridized carbons (Fsp3) is 0.200. The summed E-state index contributed by atoms with van der Waals surface area (Å²) >= 11 is 0. The molecule has 0 spiro atoms. The molecule has 0 bridgehead atoms. The highest BCUT2D eigenvalue weighted by atomic mass is 19.1. The van der Waals surface area contributed by atoms with Crippen molar-refractivity contribution in [1.82, 2.24) is 10.2 Å². The first-order valence-electron chi connectivity index (χ1n) is 8.44. The second-order valence-corrected chi connectivity index (χ2v) is 5.81. The summed E-state index contributed by atoms with van der Waals surface area (Å²) < 4.78 is 23.8. The van der Waals surface area contributed by atoms with E-state index in [4.69, 9.17) is 9.47 Å². The Morgan fingerprint density at radius 1 is 1.15 bits per heavy atom. The summed E-state index contributed by atoms with van der Waals surface area (Å²) in [5, 5.41) is 10.2. The summed E-state index contributed by atoms with van der Waals surface area (Å²) in [4.78, 5) is 12.6.